The first-order valence-corrected chi connectivity index (χ1v) is 9.10. The summed E-state index contributed by atoms with van der Waals surface area (Å²) in [6.45, 7) is 0.435. The molecule has 26 heavy (non-hydrogen) atoms. The number of nitrogens with zero attached hydrogens (tertiary/aromatic N) is 7. The first-order valence-electron chi connectivity index (χ1n) is 7.66. The van der Waals surface area contributed by atoms with Gasteiger partial charge in [0.1, 0.15) is 11.1 Å². The molecule has 1 aliphatic rings. The second-order valence-electron chi connectivity index (χ2n) is 5.81. The zero-order chi connectivity index (χ0) is 19.1. The number of nitro groups is 1. The van der Waals surface area contributed by atoms with Crippen molar-refractivity contribution in [3.05, 3.63) is 34.4 Å². The first kappa shape index (κ1) is 18.0. The number of hydrogen-bond donors (Lipinski definition) is 0. The molecule has 0 atom stereocenters. The van der Waals surface area contributed by atoms with Crippen LogP contribution in [-0.2, 0) is 24.1 Å². The van der Waals surface area contributed by atoms with Gasteiger partial charge in [0.15, 0.2) is 0 Å². The third kappa shape index (κ3) is 3.06. The van der Waals surface area contributed by atoms with Gasteiger partial charge in [-0.2, -0.15) is 14.5 Å². The molecule has 3 heterocycles. The van der Waals surface area contributed by atoms with Gasteiger partial charge in [-0.3, -0.25) is 24.3 Å². The summed E-state index contributed by atoms with van der Waals surface area (Å²) < 4.78 is 29.0. The Morgan fingerprint density at radius 2 is 1.81 bits per heavy atom. The van der Waals surface area contributed by atoms with Crippen molar-refractivity contribution in [2.24, 2.45) is 14.1 Å². The summed E-state index contributed by atoms with van der Waals surface area (Å²) in [6.07, 6.45) is 3.70. The number of amides is 1. The van der Waals surface area contributed by atoms with E-state index in [0.717, 1.165) is 10.9 Å². The fourth-order valence-corrected chi connectivity index (χ4v) is 4.18. The lowest BCUT2D eigenvalue weighted by Crippen LogP contribution is -2.50. The van der Waals surface area contributed by atoms with Gasteiger partial charge in [0.05, 0.1) is 11.1 Å². The second kappa shape index (κ2) is 6.49. The Balaban J connectivity index is 1.74. The lowest BCUT2D eigenvalue weighted by molar-refractivity contribution is -0.385. The van der Waals surface area contributed by atoms with Crippen molar-refractivity contribution in [2.75, 3.05) is 26.2 Å². The molecule has 0 saturated carbocycles. The maximum Gasteiger partial charge on any atom is 0.320 e. The highest BCUT2D eigenvalue weighted by Crippen LogP contribution is 2.21. The SMILES string of the molecule is Cn1cc(S(=O)(=O)N2CCN(C(=O)c3c([N+](=O)[O-])cnn3C)CC2)cn1. The first-order chi connectivity index (χ1) is 12.2. The number of hydrogen-bond acceptors (Lipinski definition) is 7. The van der Waals surface area contributed by atoms with Gasteiger partial charge in [-0.25, -0.2) is 8.42 Å². The molecule has 2 aromatic heterocycles. The lowest BCUT2D eigenvalue weighted by atomic mass is 10.3. The topological polar surface area (TPSA) is 136 Å². The highest BCUT2D eigenvalue weighted by molar-refractivity contribution is 7.89. The summed E-state index contributed by atoms with van der Waals surface area (Å²) in [4.78, 5) is 24.5. The molecule has 0 bridgehead atoms. The van der Waals surface area contributed by atoms with Gasteiger partial charge < -0.3 is 4.90 Å². The fourth-order valence-electron chi connectivity index (χ4n) is 2.77. The van der Waals surface area contributed by atoms with E-state index >= 15 is 0 Å². The highest BCUT2D eigenvalue weighted by Gasteiger charge is 2.34. The molecule has 0 unspecified atom stereocenters. The van der Waals surface area contributed by atoms with Crippen molar-refractivity contribution >= 4 is 21.6 Å². The van der Waals surface area contributed by atoms with Gasteiger partial charge in [0.25, 0.3) is 5.91 Å². The van der Waals surface area contributed by atoms with E-state index in [-0.39, 0.29) is 42.5 Å². The van der Waals surface area contributed by atoms with Gasteiger partial charge in [-0.05, 0) is 0 Å². The van der Waals surface area contributed by atoms with Gasteiger partial charge in [-0.15, -0.1) is 0 Å². The van der Waals surface area contributed by atoms with Crippen LogP contribution in [0.3, 0.4) is 0 Å². The van der Waals surface area contributed by atoms with Crippen LogP contribution in [0.1, 0.15) is 10.5 Å². The fraction of sp³-hybridized carbons (Fsp3) is 0.462. The Kier molecular flexibility index (Phi) is 4.50. The molecule has 0 spiro atoms. The predicted molar refractivity (Wildman–Crippen MR) is 87.7 cm³/mol. The molecular formula is C13H17N7O5S. The van der Waals surface area contributed by atoms with E-state index in [2.05, 4.69) is 10.2 Å². The predicted octanol–water partition coefficient (Wildman–Crippen LogP) is -0.791. The number of carbonyl (C=O) groups is 1. The van der Waals surface area contributed by atoms with Crippen LogP contribution in [0.4, 0.5) is 5.69 Å². The third-order valence-electron chi connectivity index (χ3n) is 4.16. The maximum absolute atomic E-state index is 12.6. The quantitative estimate of drug-likeness (QED) is 0.498. The average molecular weight is 383 g/mol. The second-order valence-corrected chi connectivity index (χ2v) is 7.74. The third-order valence-corrected chi connectivity index (χ3v) is 6.02. The summed E-state index contributed by atoms with van der Waals surface area (Å²) in [5.74, 6) is -0.546. The Morgan fingerprint density at radius 1 is 1.15 bits per heavy atom. The molecule has 1 aliphatic heterocycles. The van der Waals surface area contributed by atoms with Crippen molar-refractivity contribution in [1.29, 1.82) is 0 Å². The number of aryl methyl sites for hydroxylation is 2. The number of aromatic nitrogens is 4. The summed E-state index contributed by atoms with van der Waals surface area (Å²) in [5.41, 5.74) is -0.499. The molecule has 0 N–H and O–H groups in total. The summed E-state index contributed by atoms with van der Waals surface area (Å²) in [7, 11) is -0.618. The number of piperazine rings is 1. The minimum atomic E-state index is -3.69. The van der Waals surface area contributed by atoms with Crippen molar-refractivity contribution in [1.82, 2.24) is 28.8 Å². The number of sulfonamides is 1. The van der Waals surface area contributed by atoms with E-state index in [1.807, 2.05) is 0 Å². The monoisotopic (exact) mass is 383 g/mol. The van der Waals surface area contributed by atoms with E-state index in [0.29, 0.717) is 0 Å². The smallest absolute Gasteiger partial charge is 0.320 e. The number of carbonyl (C=O) groups excluding carboxylic acids is 1. The molecule has 0 aliphatic carbocycles. The van der Waals surface area contributed by atoms with E-state index in [4.69, 9.17) is 0 Å². The Bertz CT molecular complexity index is 955. The molecule has 1 saturated heterocycles. The van der Waals surface area contributed by atoms with Crippen LogP contribution in [0.5, 0.6) is 0 Å². The molecule has 0 radical (unpaired) electrons. The average Bonchev–Trinajstić information content (AvgIpc) is 3.20. The normalized spacial score (nSPS) is 16.0. The Morgan fingerprint density at radius 3 is 2.35 bits per heavy atom. The van der Waals surface area contributed by atoms with Crippen LogP contribution in [0.15, 0.2) is 23.5 Å². The molecule has 13 heteroatoms. The lowest BCUT2D eigenvalue weighted by Gasteiger charge is -2.33. The van der Waals surface area contributed by atoms with Crippen LogP contribution in [0, 0.1) is 10.1 Å². The molecule has 0 aromatic carbocycles. The molecule has 140 valence electrons. The van der Waals surface area contributed by atoms with E-state index in [9.17, 15) is 23.3 Å². The molecule has 1 fully saturated rings. The van der Waals surface area contributed by atoms with E-state index < -0.39 is 20.9 Å². The van der Waals surface area contributed by atoms with Crippen LogP contribution in [-0.4, -0.2) is 74.2 Å². The van der Waals surface area contributed by atoms with Crippen LogP contribution in [0.25, 0.3) is 0 Å². The zero-order valence-electron chi connectivity index (χ0n) is 14.1. The Hall–Kier alpha value is -2.80. The van der Waals surface area contributed by atoms with Crippen LogP contribution >= 0.6 is 0 Å². The maximum atomic E-state index is 12.6. The van der Waals surface area contributed by atoms with Crippen molar-refractivity contribution in [3.63, 3.8) is 0 Å². The standard InChI is InChI=1S/C13H17N7O5S/c1-16-9-10(7-14-16)26(24,25)19-5-3-18(4-6-19)13(21)12-11(20(22)23)8-15-17(12)2/h7-9H,3-6H2,1-2H3. The van der Waals surface area contributed by atoms with Crippen molar-refractivity contribution in [3.8, 4) is 0 Å². The zero-order valence-corrected chi connectivity index (χ0v) is 15.0. The van der Waals surface area contributed by atoms with Gasteiger partial charge >= 0.3 is 5.69 Å². The molecular weight excluding hydrogens is 366 g/mol. The van der Waals surface area contributed by atoms with Crippen LogP contribution in [0.2, 0.25) is 0 Å². The van der Waals surface area contributed by atoms with Crippen molar-refractivity contribution < 1.29 is 18.1 Å². The van der Waals surface area contributed by atoms with Crippen molar-refractivity contribution in [2.45, 2.75) is 4.90 Å². The van der Waals surface area contributed by atoms with E-state index in [1.165, 1.54) is 33.3 Å². The Labute approximate surface area is 148 Å². The van der Waals surface area contributed by atoms with Gasteiger partial charge in [0, 0.05) is 46.5 Å². The molecule has 3 rings (SSSR count). The highest BCUT2D eigenvalue weighted by atomic mass is 32.2. The molecule has 2 aromatic rings. The van der Waals surface area contributed by atoms with Crippen LogP contribution < -0.4 is 0 Å². The molecule has 12 nitrogen and oxygen atoms in total. The number of rotatable bonds is 4. The largest absolute Gasteiger partial charge is 0.334 e. The summed E-state index contributed by atoms with van der Waals surface area (Å²) >= 11 is 0. The molecule has 1 amide bonds. The van der Waals surface area contributed by atoms with Gasteiger partial charge in [-0.1, -0.05) is 0 Å². The summed E-state index contributed by atoms with van der Waals surface area (Å²) in [5, 5.41) is 18.7. The van der Waals surface area contributed by atoms with E-state index in [1.54, 1.807) is 7.05 Å². The minimum absolute atomic E-state index is 0.0852. The summed E-state index contributed by atoms with van der Waals surface area (Å²) in [6, 6.07) is 0. The van der Waals surface area contributed by atoms with Gasteiger partial charge in [0.2, 0.25) is 15.7 Å². The minimum Gasteiger partial charge on any atom is -0.334 e.